The van der Waals surface area contributed by atoms with Crippen LogP contribution in [0, 0.1) is 5.92 Å². The van der Waals surface area contributed by atoms with Gasteiger partial charge in [-0.2, -0.15) is 0 Å². The van der Waals surface area contributed by atoms with Gasteiger partial charge in [-0.25, -0.2) is 0 Å². The van der Waals surface area contributed by atoms with Crippen LogP contribution in [0.5, 0.6) is 0 Å². The van der Waals surface area contributed by atoms with Crippen LogP contribution in [0.25, 0.3) is 0 Å². The number of hydrogen-bond donors (Lipinski definition) is 2. The summed E-state index contributed by atoms with van der Waals surface area (Å²) in [4.78, 5) is 29.0. The van der Waals surface area contributed by atoms with Crippen molar-refractivity contribution in [1.82, 2.24) is 20.4 Å². The van der Waals surface area contributed by atoms with E-state index in [0.29, 0.717) is 19.0 Å². The molecule has 0 spiro atoms. The van der Waals surface area contributed by atoms with Crippen molar-refractivity contribution in [3.63, 3.8) is 0 Å². The molecule has 7 heteroatoms. The number of hydrogen-bond acceptors (Lipinski definition) is 4. The molecule has 0 radical (unpaired) electrons. The van der Waals surface area contributed by atoms with Gasteiger partial charge in [0.05, 0.1) is 0 Å². The second-order valence-corrected chi connectivity index (χ2v) is 7.44. The molecule has 3 fully saturated rings. The third-order valence-corrected chi connectivity index (χ3v) is 5.80. The van der Waals surface area contributed by atoms with E-state index in [-0.39, 0.29) is 30.1 Å². The van der Waals surface area contributed by atoms with Crippen molar-refractivity contribution in [2.75, 3.05) is 45.8 Å². The zero-order chi connectivity index (χ0) is 16.8. The highest BCUT2D eigenvalue weighted by Crippen LogP contribution is 2.23. The highest BCUT2D eigenvalue weighted by molar-refractivity contribution is 5.85. The molecule has 0 aromatic rings. The average Bonchev–Trinajstić information content (AvgIpc) is 3.13. The van der Waals surface area contributed by atoms with Crippen LogP contribution in [0.1, 0.15) is 44.9 Å². The van der Waals surface area contributed by atoms with E-state index in [2.05, 4.69) is 15.5 Å². The molecule has 3 aliphatic rings. The topological polar surface area (TPSA) is 64.7 Å². The van der Waals surface area contributed by atoms with E-state index in [4.69, 9.17) is 0 Å². The largest absolute Gasteiger partial charge is 0.355 e. The van der Waals surface area contributed by atoms with E-state index in [0.717, 1.165) is 71.4 Å². The van der Waals surface area contributed by atoms with Crippen LogP contribution in [0.2, 0.25) is 0 Å². The Bertz CT molecular complexity index is 437. The molecule has 1 aliphatic carbocycles. The van der Waals surface area contributed by atoms with E-state index < -0.39 is 0 Å². The minimum atomic E-state index is 0. The van der Waals surface area contributed by atoms with E-state index in [9.17, 15) is 9.59 Å². The van der Waals surface area contributed by atoms with Gasteiger partial charge in [-0.3, -0.25) is 14.5 Å². The summed E-state index contributed by atoms with van der Waals surface area (Å²) < 4.78 is 0. The van der Waals surface area contributed by atoms with Crippen LogP contribution in [-0.4, -0.2) is 73.5 Å². The highest BCUT2D eigenvalue weighted by atomic mass is 35.5. The fourth-order valence-electron chi connectivity index (χ4n) is 4.27. The number of likely N-dealkylation sites (tertiary alicyclic amines) is 1. The zero-order valence-corrected chi connectivity index (χ0v) is 16.0. The number of piperazine rings is 1. The lowest BCUT2D eigenvalue weighted by Gasteiger charge is -2.32. The Morgan fingerprint density at radius 1 is 1.00 bits per heavy atom. The summed E-state index contributed by atoms with van der Waals surface area (Å²) in [6.07, 6.45) is 7.13. The molecule has 0 bridgehead atoms. The summed E-state index contributed by atoms with van der Waals surface area (Å²) in [5.74, 6) is 0.525. The molecule has 0 aromatic heterocycles. The molecule has 2 saturated heterocycles. The molecule has 2 aliphatic heterocycles. The Balaban J connectivity index is 0.00000225. The van der Waals surface area contributed by atoms with Crippen molar-refractivity contribution in [1.29, 1.82) is 0 Å². The Morgan fingerprint density at radius 3 is 2.44 bits per heavy atom. The van der Waals surface area contributed by atoms with Crippen LogP contribution >= 0.6 is 12.4 Å². The number of nitrogens with one attached hydrogen (secondary N) is 2. The number of amides is 2. The molecule has 1 atom stereocenters. The quantitative estimate of drug-likeness (QED) is 0.755. The lowest BCUT2D eigenvalue weighted by molar-refractivity contribution is -0.130. The van der Waals surface area contributed by atoms with Crippen molar-refractivity contribution in [2.45, 2.75) is 51.0 Å². The van der Waals surface area contributed by atoms with Crippen molar-refractivity contribution in [3.8, 4) is 0 Å². The molecular weight excluding hydrogens is 340 g/mol. The third kappa shape index (κ3) is 5.83. The minimum absolute atomic E-state index is 0. The Morgan fingerprint density at radius 2 is 1.72 bits per heavy atom. The van der Waals surface area contributed by atoms with Gasteiger partial charge in [0.15, 0.2) is 0 Å². The summed E-state index contributed by atoms with van der Waals surface area (Å²) in [7, 11) is 0. The van der Waals surface area contributed by atoms with Gasteiger partial charge < -0.3 is 15.5 Å². The van der Waals surface area contributed by atoms with Gasteiger partial charge >= 0.3 is 0 Å². The van der Waals surface area contributed by atoms with Gasteiger partial charge in [-0.05, 0) is 19.3 Å². The number of carbonyl (C=O) groups excluding carboxylic acids is 2. The molecule has 2 N–H and O–H groups in total. The van der Waals surface area contributed by atoms with Crippen molar-refractivity contribution < 1.29 is 9.59 Å². The lowest BCUT2D eigenvalue weighted by atomic mass is 9.89. The molecule has 144 valence electrons. The van der Waals surface area contributed by atoms with Crippen LogP contribution in [-0.2, 0) is 9.59 Å². The third-order valence-electron chi connectivity index (χ3n) is 5.80. The van der Waals surface area contributed by atoms with Crippen LogP contribution < -0.4 is 10.6 Å². The Labute approximate surface area is 157 Å². The first kappa shape index (κ1) is 20.5. The second-order valence-electron chi connectivity index (χ2n) is 7.44. The van der Waals surface area contributed by atoms with Crippen molar-refractivity contribution in [3.05, 3.63) is 0 Å². The highest BCUT2D eigenvalue weighted by Gasteiger charge is 2.30. The number of nitrogens with zero attached hydrogens (tertiary/aromatic N) is 2. The van der Waals surface area contributed by atoms with Crippen LogP contribution in [0.15, 0.2) is 0 Å². The minimum Gasteiger partial charge on any atom is -0.355 e. The molecule has 2 amide bonds. The summed E-state index contributed by atoms with van der Waals surface area (Å²) >= 11 is 0. The van der Waals surface area contributed by atoms with Gasteiger partial charge in [0.2, 0.25) is 11.8 Å². The summed E-state index contributed by atoms with van der Waals surface area (Å²) in [5.41, 5.74) is 0. The zero-order valence-electron chi connectivity index (χ0n) is 15.2. The number of carbonyl (C=O) groups is 2. The second kappa shape index (κ2) is 10.3. The maximum absolute atomic E-state index is 12.4. The summed E-state index contributed by atoms with van der Waals surface area (Å²) in [6, 6.07) is 0.521. The molecule has 25 heavy (non-hydrogen) atoms. The molecule has 6 nitrogen and oxygen atoms in total. The number of rotatable bonds is 5. The van der Waals surface area contributed by atoms with Gasteiger partial charge in [0, 0.05) is 64.2 Å². The predicted molar refractivity (Wildman–Crippen MR) is 101 cm³/mol. The first-order chi connectivity index (χ1) is 11.7. The van der Waals surface area contributed by atoms with Gasteiger partial charge in [0.1, 0.15) is 0 Å². The van der Waals surface area contributed by atoms with E-state index in [1.54, 1.807) is 0 Å². The van der Waals surface area contributed by atoms with Crippen molar-refractivity contribution in [2.24, 2.45) is 5.92 Å². The molecule has 1 saturated carbocycles. The summed E-state index contributed by atoms with van der Waals surface area (Å²) in [5, 5.41) is 6.35. The van der Waals surface area contributed by atoms with Gasteiger partial charge in [-0.15, -0.1) is 12.4 Å². The first-order valence-electron chi connectivity index (χ1n) is 9.74. The standard InChI is InChI=1S/C18H32N4O2.ClH/c23-17(6-8-20-18(24)15-4-2-1-3-5-15)22-11-7-16(14-22)21-12-9-19-10-13-21;/h15-16,19H,1-14H2,(H,20,24);1H. The lowest BCUT2D eigenvalue weighted by Crippen LogP contribution is -2.49. The normalized spacial score (nSPS) is 25.4. The molecular formula is C18H33ClN4O2. The number of halogens is 1. The molecule has 3 rings (SSSR count). The fourth-order valence-corrected chi connectivity index (χ4v) is 4.27. The van der Waals surface area contributed by atoms with Gasteiger partial charge in [0.25, 0.3) is 0 Å². The monoisotopic (exact) mass is 372 g/mol. The van der Waals surface area contributed by atoms with Gasteiger partial charge in [-0.1, -0.05) is 19.3 Å². The first-order valence-corrected chi connectivity index (χ1v) is 9.74. The molecule has 0 aromatic carbocycles. The van der Waals surface area contributed by atoms with Crippen LogP contribution in [0.4, 0.5) is 0 Å². The molecule has 1 unspecified atom stereocenters. The van der Waals surface area contributed by atoms with Crippen LogP contribution in [0.3, 0.4) is 0 Å². The fraction of sp³-hybridized carbons (Fsp3) is 0.889. The van der Waals surface area contributed by atoms with E-state index in [1.807, 2.05) is 4.90 Å². The summed E-state index contributed by atoms with van der Waals surface area (Å²) in [6.45, 7) is 6.49. The maximum atomic E-state index is 12.4. The average molecular weight is 373 g/mol. The Hall–Kier alpha value is -0.850. The predicted octanol–water partition coefficient (Wildman–Crippen LogP) is 1.00. The maximum Gasteiger partial charge on any atom is 0.224 e. The van der Waals surface area contributed by atoms with Crippen molar-refractivity contribution >= 4 is 24.2 Å². The molecule has 2 heterocycles. The van der Waals surface area contributed by atoms with E-state index >= 15 is 0 Å². The smallest absolute Gasteiger partial charge is 0.224 e. The van der Waals surface area contributed by atoms with E-state index in [1.165, 1.54) is 6.42 Å². The Kier molecular flexibility index (Phi) is 8.46. The SMILES string of the molecule is Cl.O=C(NCCC(=O)N1CCC(N2CCNCC2)C1)C1CCCCC1.